The fourth-order valence-electron chi connectivity index (χ4n) is 7.12. The SMILES string of the molecule is CC1=C[C@@]2(C)C(=CC1=O)C(O)C[C@H]1[C@@H]3CC[C@](O)(C(=O)CO)[C@@]3(C)CC(O)[C@@]12F. The second kappa shape index (κ2) is 6.06. The maximum absolute atomic E-state index is 17.0. The highest BCUT2D eigenvalue weighted by atomic mass is 19.1. The number of carbonyl (C=O) groups is 2. The molecule has 0 amide bonds. The van der Waals surface area contributed by atoms with E-state index in [1.165, 1.54) is 12.2 Å². The number of hydrogen-bond donors (Lipinski definition) is 4. The maximum atomic E-state index is 17.0. The molecule has 0 aromatic carbocycles. The van der Waals surface area contributed by atoms with Crippen molar-refractivity contribution in [1.82, 2.24) is 0 Å². The number of fused-ring (bicyclic) bond motifs is 5. The highest BCUT2D eigenvalue weighted by Gasteiger charge is 2.75. The van der Waals surface area contributed by atoms with Gasteiger partial charge in [-0.25, -0.2) is 4.39 Å². The quantitative estimate of drug-likeness (QED) is 0.542. The number of ketones is 2. The number of Topliss-reactive ketones (excluding diaryl/α,β-unsaturated/α-hetero) is 1. The smallest absolute Gasteiger partial charge is 0.190 e. The van der Waals surface area contributed by atoms with Crippen LogP contribution < -0.4 is 0 Å². The lowest BCUT2D eigenvalue weighted by atomic mass is 9.44. The molecule has 4 N–H and O–H groups in total. The molecule has 4 aliphatic carbocycles. The molecule has 4 aliphatic rings. The number of carbonyl (C=O) groups excluding carboxylic acids is 2. The Bertz CT molecular complexity index is 850. The minimum Gasteiger partial charge on any atom is -0.390 e. The Morgan fingerprint density at radius 1 is 1.28 bits per heavy atom. The molecule has 0 bridgehead atoms. The molecule has 29 heavy (non-hydrogen) atoms. The Kier molecular flexibility index (Phi) is 4.36. The van der Waals surface area contributed by atoms with E-state index in [0.717, 1.165) is 0 Å². The van der Waals surface area contributed by atoms with E-state index < -0.39 is 58.5 Å². The topological polar surface area (TPSA) is 115 Å². The third-order valence-electron chi connectivity index (χ3n) is 8.73. The van der Waals surface area contributed by atoms with Crippen molar-refractivity contribution >= 4 is 11.6 Å². The third kappa shape index (κ3) is 2.25. The van der Waals surface area contributed by atoms with E-state index in [4.69, 9.17) is 0 Å². The standard InChI is InChI=1S/C22H29FO6/c1-11-8-20(3)14(7-15(11)25)16(26)6-13-12-4-5-21(29,18(28)10-24)19(12,2)9-17(27)22(13,20)23/h7-8,12-13,16-17,24,26-27,29H,4-6,9-10H2,1-3H3/t12-,13-,16?,17?,19-,20-,21-,22-/m0/s1. The third-order valence-corrected chi connectivity index (χ3v) is 8.73. The molecule has 3 saturated carbocycles. The minimum atomic E-state index is -2.16. The van der Waals surface area contributed by atoms with Crippen LogP contribution in [0, 0.1) is 22.7 Å². The van der Waals surface area contributed by atoms with Gasteiger partial charge in [0.15, 0.2) is 17.2 Å². The average Bonchev–Trinajstić information content (AvgIpc) is 2.91. The molecule has 0 aromatic rings. The Morgan fingerprint density at radius 2 is 1.93 bits per heavy atom. The van der Waals surface area contributed by atoms with Crippen LogP contribution in [0.4, 0.5) is 4.39 Å². The van der Waals surface area contributed by atoms with E-state index in [9.17, 15) is 30.0 Å². The summed E-state index contributed by atoms with van der Waals surface area (Å²) < 4.78 is 17.0. The minimum absolute atomic E-state index is 0.00119. The first-order valence-electron chi connectivity index (χ1n) is 10.2. The number of rotatable bonds is 2. The van der Waals surface area contributed by atoms with Crippen molar-refractivity contribution in [2.45, 2.75) is 69.9 Å². The molecule has 0 heterocycles. The van der Waals surface area contributed by atoms with Gasteiger partial charge in [0.1, 0.15) is 12.2 Å². The summed E-state index contributed by atoms with van der Waals surface area (Å²) in [7, 11) is 0. The zero-order valence-corrected chi connectivity index (χ0v) is 17.0. The summed E-state index contributed by atoms with van der Waals surface area (Å²) in [5.74, 6) is -2.28. The van der Waals surface area contributed by atoms with Crippen molar-refractivity contribution in [3.63, 3.8) is 0 Å². The van der Waals surface area contributed by atoms with Gasteiger partial charge >= 0.3 is 0 Å². The highest BCUT2D eigenvalue weighted by Crippen LogP contribution is 2.69. The van der Waals surface area contributed by atoms with Crippen LogP contribution in [0.25, 0.3) is 0 Å². The van der Waals surface area contributed by atoms with Crippen molar-refractivity contribution in [1.29, 1.82) is 0 Å². The van der Waals surface area contributed by atoms with Crippen molar-refractivity contribution in [2.75, 3.05) is 6.61 Å². The van der Waals surface area contributed by atoms with Crippen molar-refractivity contribution < 1.29 is 34.4 Å². The van der Waals surface area contributed by atoms with E-state index in [-0.39, 0.29) is 30.6 Å². The molecule has 3 fully saturated rings. The molecule has 8 atom stereocenters. The first kappa shape index (κ1) is 20.8. The summed E-state index contributed by atoms with van der Waals surface area (Å²) in [5, 5.41) is 42.5. The molecule has 0 aliphatic heterocycles. The monoisotopic (exact) mass is 408 g/mol. The summed E-state index contributed by atoms with van der Waals surface area (Å²) in [4.78, 5) is 24.6. The van der Waals surface area contributed by atoms with E-state index in [0.29, 0.717) is 12.0 Å². The van der Waals surface area contributed by atoms with Crippen LogP contribution >= 0.6 is 0 Å². The molecule has 2 unspecified atom stereocenters. The maximum Gasteiger partial charge on any atom is 0.190 e. The number of alkyl halides is 1. The molecule has 4 rings (SSSR count). The van der Waals surface area contributed by atoms with Gasteiger partial charge in [0.25, 0.3) is 0 Å². The zero-order valence-electron chi connectivity index (χ0n) is 17.0. The van der Waals surface area contributed by atoms with Gasteiger partial charge in [0.05, 0.1) is 12.2 Å². The predicted octanol–water partition coefficient (Wildman–Crippen LogP) is 1.01. The van der Waals surface area contributed by atoms with Gasteiger partial charge < -0.3 is 20.4 Å². The fraction of sp³-hybridized carbons (Fsp3) is 0.727. The molecular weight excluding hydrogens is 379 g/mol. The van der Waals surface area contributed by atoms with Gasteiger partial charge in [0.2, 0.25) is 0 Å². The Labute approximate surface area is 169 Å². The lowest BCUT2D eigenvalue weighted by molar-refractivity contribution is -0.224. The van der Waals surface area contributed by atoms with Crippen LogP contribution in [0.3, 0.4) is 0 Å². The fourth-order valence-corrected chi connectivity index (χ4v) is 7.12. The van der Waals surface area contributed by atoms with Crippen LogP contribution in [-0.4, -0.2) is 62.1 Å². The van der Waals surface area contributed by atoms with E-state index in [2.05, 4.69) is 0 Å². The Morgan fingerprint density at radius 3 is 2.55 bits per heavy atom. The highest BCUT2D eigenvalue weighted by molar-refractivity contribution is 6.05. The van der Waals surface area contributed by atoms with Crippen LogP contribution in [0.15, 0.2) is 23.3 Å². The summed E-state index contributed by atoms with van der Waals surface area (Å²) >= 11 is 0. The van der Waals surface area contributed by atoms with Crippen molar-refractivity contribution in [2.24, 2.45) is 22.7 Å². The van der Waals surface area contributed by atoms with Crippen molar-refractivity contribution in [3.05, 3.63) is 23.3 Å². The normalized spacial score (nSPS) is 51.5. The molecule has 6 nitrogen and oxygen atoms in total. The van der Waals surface area contributed by atoms with Crippen LogP contribution in [-0.2, 0) is 9.59 Å². The Hall–Kier alpha value is -1.41. The second-order valence-corrected chi connectivity index (χ2v) is 9.84. The Balaban J connectivity index is 1.86. The van der Waals surface area contributed by atoms with Crippen LogP contribution in [0.5, 0.6) is 0 Å². The number of hydrogen-bond acceptors (Lipinski definition) is 6. The molecule has 0 radical (unpaired) electrons. The summed E-state index contributed by atoms with van der Waals surface area (Å²) in [6.45, 7) is 4.05. The van der Waals surface area contributed by atoms with Gasteiger partial charge in [0, 0.05) is 16.7 Å². The molecule has 0 spiro atoms. The van der Waals surface area contributed by atoms with Gasteiger partial charge in [-0.15, -0.1) is 0 Å². The van der Waals surface area contributed by atoms with Gasteiger partial charge in [-0.05, 0) is 62.7 Å². The first-order chi connectivity index (χ1) is 13.4. The summed E-state index contributed by atoms with van der Waals surface area (Å²) in [6.07, 6.45) is 0.526. The van der Waals surface area contributed by atoms with Gasteiger partial charge in [-0.1, -0.05) is 13.0 Å². The number of allylic oxidation sites excluding steroid dienone is 3. The average molecular weight is 408 g/mol. The molecule has 160 valence electrons. The van der Waals surface area contributed by atoms with Crippen molar-refractivity contribution in [3.8, 4) is 0 Å². The second-order valence-electron chi connectivity index (χ2n) is 9.84. The molecule has 7 heteroatoms. The first-order valence-corrected chi connectivity index (χ1v) is 10.2. The van der Waals surface area contributed by atoms with E-state index >= 15 is 4.39 Å². The molecular formula is C22H29FO6. The number of aliphatic hydroxyl groups is 4. The largest absolute Gasteiger partial charge is 0.390 e. The number of halogens is 1. The summed E-state index contributed by atoms with van der Waals surface area (Å²) in [6, 6.07) is 0. The molecule has 0 saturated heterocycles. The summed E-state index contributed by atoms with van der Waals surface area (Å²) in [5.41, 5.74) is -5.85. The van der Waals surface area contributed by atoms with E-state index in [1.807, 2.05) is 0 Å². The lowest BCUT2D eigenvalue weighted by Gasteiger charge is -2.63. The lowest BCUT2D eigenvalue weighted by Crippen LogP contribution is -2.70. The van der Waals surface area contributed by atoms with Gasteiger partial charge in [-0.2, -0.15) is 0 Å². The van der Waals surface area contributed by atoms with Crippen LogP contribution in [0.2, 0.25) is 0 Å². The number of aliphatic hydroxyl groups excluding tert-OH is 3. The molecule has 0 aromatic heterocycles. The predicted molar refractivity (Wildman–Crippen MR) is 101 cm³/mol. The van der Waals surface area contributed by atoms with E-state index in [1.54, 1.807) is 20.8 Å². The zero-order chi connectivity index (χ0) is 21.6. The van der Waals surface area contributed by atoms with Gasteiger partial charge in [-0.3, -0.25) is 9.59 Å². The van der Waals surface area contributed by atoms with Crippen LogP contribution in [0.1, 0.15) is 46.5 Å².